The molecule has 0 amide bonds. The van der Waals surface area contributed by atoms with E-state index in [4.69, 9.17) is 10.3 Å². The zero-order valence-corrected chi connectivity index (χ0v) is 13.8. The molecule has 26 heavy (non-hydrogen) atoms. The zero-order valence-electron chi connectivity index (χ0n) is 13.8. The Balaban J connectivity index is 1.59. The summed E-state index contributed by atoms with van der Waals surface area (Å²) in [6.07, 6.45) is 2.35. The predicted molar refractivity (Wildman–Crippen MR) is 87.4 cm³/mol. The summed E-state index contributed by atoms with van der Waals surface area (Å²) in [6.45, 7) is 1.03. The number of hydrogen-bond acceptors (Lipinski definition) is 6. The van der Waals surface area contributed by atoms with E-state index in [1.165, 1.54) is 34.8 Å². The van der Waals surface area contributed by atoms with Gasteiger partial charge in [0, 0.05) is 18.7 Å². The van der Waals surface area contributed by atoms with Crippen molar-refractivity contribution in [3.63, 3.8) is 0 Å². The Bertz CT molecular complexity index is 781. The molecule has 1 saturated heterocycles. The third-order valence-corrected chi connectivity index (χ3v) is 3.95. The molecule has 1 aliphatic heterocycles. The van der Waals surface area contributed by atoms with Gasteiger partial charge in [-0.15, -0.1) is 0 Å². The minimum absolute atomic E-state index is 0.0289. The monoisotopic (exact) mass is 365 g/mol. The van der Waals surface area contributed by atoms with Crippen molar-refractivity contribution in [2.24, 2.45) is 10.3 Å². The first kappa shape index (κ1) is 18.0. The number of nitrogens with zero attached hydrogens (tertiary/aromatic N) is 5. The number of ether oxygens (including phenoxy) is 1. The maximum atomic E-state index is 14.1. The number of hydrogen-bond donors (Lipinski definition) is 3. The standard InChI is InChI=1S/C15H18F2N8O/c16-12-5-10(20-9-21-24-18)1-2-15(12)26-8-11-6-22-25(23-11)14-3-4-19-7-13(14)17/h1-2,5-6,9,13-14,19H,3-4,7-8H2,(H2,18,20,21)/p+1. The first-order valence-electron chi connectivity index (χ1n) is 8.08. The smallest absolute Gasteiger partial charge is 0.213 e. The van der Waals surface area contributed by atoms with Crippen molar-refractivity contribution in [3.8, 4) is 5.75 Å². The van der Waals surface area contributed by atoms with E-state index in [2.05, 4.69) is 25.8 Å². The number of quaternary nitrogens is 1. The van der Waals surface area contributed by atoms with Crippen molar-refractivity contribution < 1.29 is 18.8 Å². The van der Waals surface area contributed by atoms with Gasteiger partial charge in [0.05, 0.1) is 6.20 Å². The lowest BCUT2D eigenvalue weighted by molar-refractivity contribution is -0.433. The highest BCUT2D eigenvalue weighted by atomic mass is 19.1. The molecule has 11 heteroatoms. The lowest BCUT2D eigenvalue weighted by Crippen LogP contribution is -2.76. The number of benzene rings is 1. The van der Waals surface area contributed by atoms with Gasteiger partial charge in [0.25, 0.3) is 0 Å². The number of rotatable bonds is 7. The second kappa shape index (κ2) is 8.54. The third kappa shape index (κ3) is 4.43. The van der Waals surface area contributed by atoms with Gasteiger partial charge < -0.3 is 10.1 Å². The first-order chi connectivity index (χ1) is 12.7. The van der Waals surface area contributed by atoms with Gasteiger partial charge >= 0.3 is 0 Å². The highest BCUT2D eigenvalue weighted by molar-refractivity contribution is 5.48. The molecule has 0 bridgehead atoms. The molecule has 2 unspecified atom stereocenters. The molecule has 1 fully saturated rings. The van der Waals surface area contributed by atoms with Crippen LogP contribution in [0.3, 0.4) is 0 Å². The number of aromatic nitrogens is 3. The SMILES string of the molecule is N=NN=C[NH2+]c1ccc(OCc2cnn(C3CCNCC3F)n2)c(F)c1. The molecule has 2 heterocycles. The van der Waals surface area contributed by atoms with E-state index >= 15 is 0 Å². The average molecular weight is 365 g/mol. The molecule has 1 aliphatic rings. The maximum Gasteiger partial charge on any atom is 0.213 e. The summed E-state index contributed by atoms with van der Waals surface area (Å²) in [4.78, 5) is 1.37. The normalized spacial score (nSPS) is 20.4. The van der Waals surface area contributed by atoms with Gasteiger partial charge in [0.2, 0.25) is 6.34 Å². The summed E-state index contributed by atoms with van der Waals surface area (Å²) in [5.74, 6) is -0.464. The number of halogens is 2. The Hall–Kier alpha value is -2.79. The van der Waals surface area contributed by atoms with Crippen molar-refractivity contribution in [1.29, 1.82) is 5.53 Å². The van der Waals surface area contributed by atoms with Crippen molar-refractivity contribution in [1.82, 2.24) is 20.3 Å². The summed E-state index contributed by atoms with van der Waals surface area (Å²) >= 11 is 0. The van der Waals surface area contributed by atoms with Crippen LogP contribution < -0.4 is 15.4 Å². The fourth-order valence-electron chi connectivity index (χ4n) is 2.64. The van der Waals surface area contributed by atoms with Gasteiger partial charge in [-0.3, -0.25) is 5.32 Å². The fourth-order valence-corrected chi connectivity index (χ4v) is 2.64. The summed E-state index contributed by atoms with van der Waals surface area (Å²) in [5.41, 5.74) is 7.59. The topological polar surface area (TPSA) is 117 Å². The van der Waals surface area contributed by atoms with Crippen molar-refractivity contribution in [2.45, 2.75) is 25.2 Å². The van der Waals surface area contributed by atoms with E-state index in [1.54, 1.807) is 6.07 Å². The number of nitrogens with one attached hydrogen (secondary N) is 2. The predicted octanol–water partition coefficient (Wildman–Crippen LogP) is 1.04. The molecule has 138 valence electrons. The Morgan fingerprint density at radius 3 is 3.15 bits per heavy atom. The Kier molecular flexibility index (Phi) is 5.92. The highest BCUT2D eigenvalue weighted by Gasteiger charge is 2.27. The second-order valence-corrected chi connectivity index (χ2v) is 5.74. The number of nitrogens with two attached hydrogens (primary N) is 1. The molecular weight excluding hydrogens is 346 g/mol. The minimum atomic E-state index is -1.04. The van der Waals surface area contributed by atoms with E-state index in [9.17, 15) is 8.78 Å². The lowest BCUT2D eigenvalue weighted by atomic mass is 10.1. The molecule has 1 aromatic heterocycles. The molecular formula is C15H19F2N8O+. The van der Waals surface area contributed by atoms with Crippen molar-refractivity contribution >= 4 is 12.0 Å². The van der Waals surface area contributed by atoms with Crippen LogP contribution in [0.5, 0.6) is 5.75 Å². The lowest BCUT2D eigenvalue weighted by Gasteiger charge is -2.25. The largest absolute Gasteiger partial charge is 0.484 e. The van der Waals surface area contributed by atoms with Gasteiger partial charge in [-0.2, -0.15) is 20.5 Å². The molecule has 0 aliphatic carbocycles. The van der Waals surface area contributed by atoms with E-state index in [1.807, 2.05) is 0 Å². The highest BCUT2D eigenvalue weighted by Crippen LogP contribution is 2.22. The van der Waals surface area contributed by atoms with Crippen LogP contribution in [0.4, 0.5) is 14.5 Å². The van der Waals surface area contributed by atoms with Crippen LogP contribution in [0.25, 0.3) is 0 Å². The molecule has 0 radical (unpaired) electrons. The van der Waals surface area contributed by atoms with E-state index < -0.39 is 18.0 Å². The molecule has 2 aromatic rings. The Morgan fingerprint density at radius 2 is 2.38 bits per heavy atom. The summed E-state index contributed by atoms with van der Waals surface area (Å²) in [6, 6.07) is 4.02. The van der Waals surface area contributed by atoms with E-state index in [0.717, 1.165) is 0 Å². The molecule has 4 N–H and O–H groups in total. The quantitative estimate of drug-likeness (QED) is 0.223. The van der Waals surface area contributed by atoms with Crippen molar-refractivity contribution in [2.75, 3.05) is 13.1 Å². The zero-order chi connectivity index (χ0) is 18.4. The van der Waals surface area contributed by atoms with Crippen LogP contribution >= 0.6 is 0 Å². The van der Waals surface area contributed by atoms with Gasteiger partial charge in [0.1, 0.15) is 30.2 Å². The molecule has 1 aromatic carbocycles. The molecule has 0 spiro atoms. The average Bonchev–Trinajstić information content (AvgIpc) is 3.10. The van der Waals surface area contributed by atoms with Crippen LogP contribution in [-0.4, -0.2) is 40.6 Å². The van der Waals surface area contributed by atoms with Crippen LogP contribution in [0.15, 0.2) is 34.7 Å². The Labute approximate surface area is 147 Å². The van der Waals surface area contributed by atoms with Gasteiger partial charge in [-0.05, 0) is 24.3 Å². The van der Waals surface area contributed by atoms with Gasteiger partial charge in [0.15, 0.2) is 11.6 Å². The molecule has 3 rings (SSSR count). The summed E-state index contributed by atoms with van der Waals surface area (Å²) < 4.78 is 33.4. The summed E-state index contributed by atoms with van der Waals surface area (Å²) in [7, 11) is 0. The van der Waals surface area contributed by atoms with Crippen LogP contribution in [0.2, 0.25) is 0 Å². The molecule has 0 saturated carbocycles. The van der Waals surface area contributed by atoms with Crippen LogP contribution in [-0.2, 0) is 6.61 Å². The summed E-state index contributed by atoms with van der Waals surface area (Å²) in [5, 5.41) is 19.0. The van der Waals surface area contributed by atoms with E-state index in [-0.39, 0.29) is 18.9 Å². The van der Waals surface area contributed by atoms with Gasteiger partial charge in [-0.25, -0.2) is 8.78 Å². The van der Waals surface area contributed by atoms with Crippen molar-refractivity contribution in [3.05, 3.63) is 35.9 Å². The number of alkyl halides is 1. The maximum absolute atomic E-state index is 14.1. The molecule has 9 nitrogen and oxygen atoms in total. The minimum Gasteiger partial charge on any atom is -0.484 e. The first-order valence-corrected chi connectivity index (χ1v) is 8.08. The molecule has 2 atom stereocenters. The third-order valence-electron chi connectivity index (χ3n) is 3.95. The van der Waals surface area contributed by atoms with Crippen LogP contribution in [0.1, 0.15) is 18.2 Å². The Morgan fingerprint density at radius 1 is 1.50 bits per heavy atom. The van der Waals surface area contributed by atoms with Crippen LogP contribution in [0, 0.1) is 11.3 Å². The fraction of sp³-hybridized carbons (Fsp3) is 0.400. The van der Waals surface area contributed by atoms with E-state index in [0.29, 0.717) is 24.3 Å². The second-order valence-electron chi connectivity index (χ2n) is 5.74. The van der Waals surface area contributed by atoms with Gasteiger partial charge in [-0.1, -0.05) is 5.10 Å². The number of piperidine rings is 1.